The first-order valence-corrected chi connectivity index (χ1v) is 13.4. The lowest BCUT2D eigenvalue weighted by Crippen LogP contribution is -2.27. The molecule has 5 rings (SSSR count). The third kappa shape index (κ3) is 7.26. The number of fused-ring (bicyclic) bond motifs is 2. The van der Waals surface area contributed by atoms with Gasteiger partial charge in [-0.25, -0.2) is 4.98 Å². The van der Waals surface area contributed by atoms with Gasteiger partial charge in [-0.2, -0.15) is 0 Å². The van der Waals surface area contributed by atoms with Crippen LogP contribution in [0.15, 0.2) is 53.1 Å². The molecule has 4 aromatic rings. The van der Waals surface area contributed by atoms with Crippen molar-refractivity contribution in [3.05, 3.63) is 76.1 Å². The maximum atomic E-state index is 11.6. The molecule has 1 aliphatic rings. The summed E-state index contributed by atoms with van der Waals surface area (Å²) in [5.74, 6) is 0.688. The van der Waals surface area contributed by atoms with E-state index in [-0.39, 0.29) is 17.5 Å². The number of nitrogens with one attached hydrogen (secondary N) is 1. The number of para-hydroxylation sites is 1. The monoisotopic (exact) mass is 520 g/mol. The second-order valence-electron chi connectivity index (χ2n) is 9.91. The van der Waals surface area contributed by atoms with E-state index in [0.717, 1.165) is 28.7 Å². The summed E-state index contributed by atoms with van der Waals surface area (Å²) in [6, 6.07) is 14.9. The smallest absolute Gasteiger partial charge is 0.277 e. The first-order chi connectivity index (χ1) is 17.6. The number of amides is 2. The number of carbonyl (C=O) groups excluding carboxylic acids is 2. The fraction of sp³-hybridized carbons (Fsp3) is 0.379. The Kier molecular flexibility index (Phi) is 9.21. The zero-order valence-corrected chi connectivity index (χ0v) is 23.2. The average Bonchev–Trinajstić information content (AvgIpc) is 3.50. The van der Waals surface area contributed by atoms with Crippen molar-refractivity contribution in [2.75, 3.05) is 5.32 Å². The van der Waals surface area contributed by atoms with Crippen molar-refractivity contribution in [2.45, 2.75) is 60.8 Å². The third-order valence-electron chi connectivity index (χ3n) is 6.23. The summed E-state index contributed by atoms with van der Waals surface area (Å²) in [5, 5.41) is 7.39. The molecule has 0 spiro atoms. The largest absolute Gasteiger partial charge is 0.365 e. The van der Waals surface area contributed by atoms with Crippen LogP contribution in [0.4, 0.5) is 5.69 Å². The molecule has 3 heterocycles. The van der Waals surface area contributed by atoms with E-state index in [2.05, 4.69) is 37.3 Å². The van der Waals surface area contributed by atoms with E-state index in [0.29, 0.717) is 22.0 Å². The second kappa shape index (κ2) is 12.1. The number of rotatable bonds is 3. The van der Waals surface area contributed by atoms with Crippen LogP contribution in [0.25, 0.3) is 10.2 Å². The van der Waals surface area contributed by atoms with E-state index in [1.807, 2.05) is 50.2 Å². The SMILES string of the molecule is CC.CC(C)(C)C1CCc2nc3sc(C(N)=O)cc3cc2C1.Cc1cc(C(=O)Nc2ccccc2)no1. The standard InChI is InChI=1S/C16H20N2OS.C11H10N2O2.C2H6/c1-16(2,3)11-4-5-12-9(7-11)6-10-8-13(14(17)19)20-15(10)18-12;1-8-7-10(13-15-8)11(14)12-9-5-3-2-4-6-9;1-2/h6,8,11H,4-5,7H2,1-3H3,(H2,17,19);2-7H,1H3,(H,12,14);1-2H3. The fourth-order valence-electron chi connectivity index (χ4n) is 4.17. The van der Waals surface area contributed by atoms with Crippen LogP contribution in [-0.2, 0) is 12.8 Å². The van der Waals surface area contributed by atoms with Crippen molar-refractivity contribution in [1.29, 1.82) is 0 Å². The lowest BCUT2D eigenvalue weighted by Gasteiger charge is -2.34. The van der Waals surface area contributed by atoms with Gasteiger partial charge in [0.1, 0.15) is 10.6 Å². The molecule has 3 N–H and O–H groups in total. The number of nitrogens with two attached hydrogens (primary N) is 1. The van der Waals surface area contributed by atoms with E-state index < -0.39 is 0 Å². The van der Waals surface area contributed by atoms with Gasteiger partial charge in [0, 0.05) is 22.8 Å². The number of benzene rings is 1. The first-order valence-electron chi connectivity index (χ1n) is 12.6. The van der Waals surface area contributed by atoms with Crippen LogP contribution in [0, 0.1) is 18.3 Å². The van der Waals surface area contributed by atoms with Gasteiger partial charge in [-0.15, -0.1) is 11.3 Å². The molecule has 1 aliphatic carbocycles. The molecule has 3 aromatic heterocycles. The van der Waals surface area contributed by atoms with E-state index in [4.69, 9.17) is 15.2 Å². The number of primary amides is 1. The normalized spacial score (nSPS) is 14.5. The minimum Gasteiger partial charge on any atom is -0.365 e. The molecular weight excluding hydrogens is 484 g/mol. The van der Waals surface area contributed by atoms with Gasteiger partial charge in [-0.3, -0.25) is 9.59 Å². The number of nitrogens with zero attached hydrogens (tertiary/aromatic N) is 2. The van der Waals surface area contributed by atoms with Crippen LogP contribution in [0.3, 0.4) is 0 Å². The second-order valence-corrected chi connectivity index (χ2v) is 10.9. The number of hydrogen-bond acceptors (Lipinski definition) is 6. The third-order valence-corrected chi connectivity index (χ3v) is 7.29. The Morgan fingerprint density at radius 3 is 2.41 bits per heavy atom. The Hall–Kier alpha value is -3.52. The number of hydrogen-bond donors (Lipinski definition) is 2. The van der Waals surface area contributed by atoms with Crippen LogP contribution < -0.4 is 11.1 Å². The summed E-state index contributed by atoms with van der Waals surface area (Å²) in [5.41, 5.74) is 9.26. The Balaban J connectivity index is 0.000000200. The molecule has 0 radical (unpaired) electrons. The van der Waals surface area contributed by atoms with Crippen LogP contribution in [0.1, 0.15) is 78.2 Å². The minimum absolute atomic E-state index is 0.266. The molecule has 1 atom stereocenters. The molecule has 0 fully saturated rings. The summed E-state index contributed by atoms with van der Waals surface area (Å²) < 4.78 is 4.81. The Bertz CT molecular complexity index is 1350. The number of anilines is 1. The minimum atomic E-state index is -0.362. The molecule has 37 heavy (non-hydrogen) atoms. The fourth-order valence-corrected chi connectivity index (χ4v) is 5.06. The number of thiophene rings is 1. The van der Waals surface area contributed by atoms with Gasteiger partial charge in [0.2, 0.25) is 0 Å². The quantitative estimate of drug-likeness (QED) is 0.308. The van der Waals surface area contributed by atoms with Crippen molar-refractivity contribution in [2.24, 2.45) is 17.1 Å². The first kappa shape index (κ1) is 28.1. The maximum Gasteiger partial charge on any atom is 0.277 e. The lowest BCUT2D eigenvalue weighted by molar-refractivity contribution is 0.0999. The van der Waals surface area contributed by atoms with Crippen LogP contribution in [-0.4, -0.2) is 22.0 Å². The van der Waals surface area contributed by atoms with Crippen LogP contribution in [0.5, 0.6) is 0 Å². The Morgan fingerprint density at radius 1 is 1.11 bits per heavy atom. The van der Waals surface area contributed by atoms with E-state index in [9.17, 15) is 9.59 Å². The van der Waals surface area contributed by atoms with Crippen molar-refractivity contribution in [3.63, 3.8) is 0 Å². The predicted octanol–water partition coefficient (Wildman–Crippen LogP) is 6.81. The number of aryl methyl sites for hydroxylation is 2. The van der Waals surface area contributed by atoms with Crippen LogP contribution >= 0.6 is 11.3 Å². The highest BCUT2D eigenvalue weighted by Gasteiger charge is 2.29. The Morgan fingerprint density at radius 2 is 1.81 bits per heavy atom. The molecule has 0 saturated carbocycles. The highest BCUT2D eigenvalue weighted by Crippen LogP contribution is 2.38. The molecule has 1 unspecified atom stereocenters. The zero-order valence-electron chi connectivity index (χ0n) is 22.4. The van der Waals surface area contributed by atoms with Crippen LogP contribution in [0.2, 0.25) is 0 Å². The van der Waals surface area contributed by atoms with Gasteiger partial charge in [0.05, 0.1) is 4.88 Å². The van der Waals surface area contributed by atoms with E-state index in [1.54, 1.807) is 13.0 Å². The number of pyridine rings is 1. The Labute approximate surface area is 222 Å². The molecule has 8 heteroatoms. The number of aromatic nitrogens is 2. The summed E-state index contributed by atoms with van der Waals surface area (Å²) in [7, 11) is 0. The van der Waals surface area contributed by atoms with Crippen molar-refractivity contribution in [1.82, 2.24) is 10.1 Å². The van der Waals surface area contributed by atoms with Gasteiger partial charge in [-0.1, -0.05) is 58.0 Å². The highest BCUT2D eigenvalue weighted by atomic mass is 32.1. The maximum absolute atomic E-state index is 11.6. The van der Waals surface area contributed by atoms with Gasteiger partial charge in [0.15, 0.2) is 5.69 Å². The van der Waals surface area contributed by atoms with E-state index in [1.165, 1.54) is 29.0 Å². The molecule has 0 saturated heterocycles. The lowest BCUT2D eigenvalue weighted by atomic mass is 9.71. The van der Waals surface area contributed by atoms with Crippen molar-refractivity contribution < 1.29 is 14.1 Å². The topological polar surface area (TPSA) is 111 Å². The summed E-state index contributed by atoms with van der Waals surface area (Å²) >= 11 is 1.40. The molecular formula is C29H36N4O3S. The number of carbonyl (C=O) groups is 2. The van der Waals surface area contributed by atoms with Gasteiger partial charge < -0.3 is 15.6 Å². The molecule has 196 valence electrons. The predicted molar refractivity (Wildman–Crippen MR) is 150 cm³/mol. The van der Waals surface area contributed by atoms with E-state index >= 15 is 0 Å². The summed E-state index contributed by atoms with van der Waals surface area (Å²) in [4.78, 5) is 29.2. The average molecular weight is 521 g/mol. The molecule has 0 aliphatic heterocycles. The zero-order chi connectivity index (χ0) is 27.2. The summed E-state index contributed by atoms with van der Waals surface area (Å²) in [6.45, 7) is 12.7. The van der Waals surface area contributed by atoms with Crippen molar-refractivity contribution >= 4 is 39.1 Å². The van der Waals surface area contributed by atoms with Gasteiger partial charge in [0.25, 0.3) is 11.8 Å². The summed E-state index contributed by atoms with van der Waals surface area (Å²) in [6.07, 6.45) is 3.32. The van der Waals surface area contributed by atoms with Crippen molar-refractivity contribution in [3.8, 4) is 0 Å². The molecule has 2 amide bonds. The highest BCUT2D eigenvalue weighted by molar-refractivity contribution is 7.20. The molecule has 7 nitrogen and oxygen atoms in total. The molecule has 1 aromatic carbocycles. The van der Waals surface area contributed by atoms with Gasteiger partial charge >= 0.3 is 0 Å². The van der Waals surface area contributed by atoms with Gasteiger partial charge in [-0.05, 0) is 67.3 Å². The molecule has 0 bridgehead atoms.